The van der Waals surface area contributed by atoms with Gasteiger partial charge in [-0.3, -0.25) is 5.43 Å². The van der Waals surface area contributed by atoms with Crippen molar-refractivity contribution in [2.75, 3.05) is 0 Å². The number of fused-ring (bicyclic) bond motifs is 1. The normalized spacial score (nSPS) is 33.0. The van der Waals surface area contributed by atoms with Crippen LogP contribution in [0.5, 0.6) is 0 Å². The molecule has 0 radical (unpaired) electrons. The Morgan fingerprint density at radius 1 is 1.43 bits per heavy atom. The van der Waals surface area contributed by atoms with Crippen molar-refractivity contribution in [2.24, 2.45) is 16.9 Å². The van der Waals surface area contributed by atoms with Gasteiger partial charge in [-0.05, 0) is 53.3 Å². The monoisotopic (exact) mass is 304 g/mol. The number of hydrazone groups is 1. The van der Waals surface area contributed by atoms with Gasteiger partial charge in [0.25, 0.3) is 0 Å². The van der Waals surface area contributed by atoms with E-state index in [0.717, 1.165) is 5.92 Å². The van der Waals surface area contributed by atoms with Crippen LogP contribution in [0, 0.1) is 11.8 Å². The second-order valence-corrected chi connectivity index (χ2v) is 5.49. The van der Waals surface area contributed by atoms with Crippen LogP contribution in [0.25, 0.3) is 0 Å². The van der Waals surface area contributed by atoms with Crippen molar-refractivity contribution in [3.63, 3.8) is 0 Å². The third-order valence-corrected chi connectivity index (χ3v) is 4.20. The lowest BCUT2D eigenvalue weighted by Gasteiger charge is -2.26. The predicted molar refractivity (Wildman–Crippen MR) is 68.4 cm³/mol. The molecule has 0 spiro atoms. The fourth-order valence-corrected chi connectivity index (χ4v) is 3.09. The van der Waals surface area contributed by atoms with Gasteiger partial charge in [-0.25, -0.2) is 0 Å². The van der Waals surface area contributed by atoms with Gasteiger partial charge < -0.3 is 0 Å². The Kier molecular flexibility index (Phi) is 3.47. The van der Waals surface area contributed by atoms with Crippen molar-refractivity contribution in [2.45, 2.75) is 39.0 Å². The van der Waals surface area contributed by atoms with Gasteiger partial charge in [0.15, 0.2) is 0 Å². The van der Waals surface area contributed by atoms with Crippen LogP contribution in [0.2, 0.25) is 0 Å². The number of hydrogen-bond donors (Lipinski definition) is 1. The molecule has 2 rings (SSSR count). The molecule has 1 unspecified atom stereocenters. The highest BCUT2D eigenvalue weighted by Gasteiger charge is 2.22. The molecule has 3 heteroatoms. The van der Waals surface area contributed by atoms with Crippen molar-refractivity contribution < 1.29 is 0 Å². The molecule has 0 aromatic rings. The summed E-state index contributed by atoms with van der Waals surface area (Å²) < 4.78 is 1.27. The average molecular weight is 304 g/mol. The van der Waals surface area contributed by atoms with Gasteiger partial charge >= 0.3 is 0 Å². The number of rotatable bonds is 0. The van der Waals surface area contributed by atoms with Crippen LogP contribution in [0.1, 0.15) is 39.0 Å². The molecule has 1 heterocycles. The van der Waals surface area contributed by atoms with Crippen LogP contribution in [0.3, 0.4) is 0 Å². The maximum atomic E-state index is 4.19. The minimum atomic E-state index is 0.621. The predicted octanol–water partition coefficient (Wildman–Crippen LogP) is 3.44. The number of allylic oxidation sites excluding steroid dienone is 1. The van der Waals surface area contributed by atoms with Crippen molar-refractivity contribution in [3.8, 4) is 0 Å². The zero-order chi connectivity index (χ0) is 9.97. The van der Waals surface area contributed by atoms with E-state index >= 15 is 0 Å². The molecule has 1 aliphatic heterocycles. The topological polar surface area (TPSA) is 24.4 Å². The molecule has 0 saturated heterocycles. The van der Waals surface area contributed by atoms with E-state index in [9.17, 15) is 0 Å². The van der Waals surface area contributed by atoms with Gasteiger partial charge in [-0.15, -0.1) is 0 Å². The first-order chi connectivity index (χ1) is 6.77. The number of nitrogens with one attached hydrogen (secondary N) is 1. The van der Waals surface area contributed by atoms with E-state index in [2.05, 4.69) is 46.3 Å². The van der Waals surface area contributed by atoms with Crippen LogP contribution in [0.4, 0.5) is 0 Å². The molecule has 2 atom stereocenters. The maximum absolute atomic E-state index is 4.19. The van der Waals surface area contributed by atoms with Crippen LogP contribution in [-0.4, -0.2) is 6.21 Å². The highest BCUT2D eigenvalue weighted by atomic mass is 127. The summed E-state index contributed by atoms with van der Waals surface area (Å²) in [4.78, 5) is 0. The van der Waals surface area contributed by atoms with E-state index in [0.29, 0.717) is 5.92 Å². The van der Waals surface area contributed by atoms with Gasteiger partial charge in [-0.1, -0.05) is 19.8 Å². The van der Waals surface area contributed by atoms with Crippen LogP contribution < -0.4 is 5.43 Å². The first kappa shape index (κ1) is 10.5. The smallest absolute Gasteiger partial charge is 0.0939 e. The molecular formula is C11H17IN2. The molecule has 14 heavy (non-hydrogen) atoms. The summed E-state index contributed by atoms with van der Waals surface area (Å²) in [6, 6.07) is 0. The van der Waals surface area contributed by atoms with E-state index in [-0.39, 0.29) is 0 Å². The highest BCUT2D eigenvalue weighted by molar-refractivity contribution is 14.1. The first-order valence-electron chi connectivity index (χ1n) is 5.45. The SMILES string of the molecule is C[C@@H]1CCCC2C=NNC(I)=C2CC1. The molecular weight excluding hydrogens is 287 g/mol. The van der Waals surface area contributed by atoms with Gasteiger partial charge in [0.2, 0.25) is 0 Å². The molecule has 2 aliphatic rings. The lowest BCUT2D eigenvalue weighted by molar-refractivity contribution is 0.420. The van der Waals surface area contributed by atoms with Crippen molar-refractivity contribution >= 4 is 28.8 Å². The minimum Gasteiger partial charge on any atom is -0.273 e. The molecule has 0 amide bonds. The van der Waals surface area contributed by atoms with Crippen molar-refractivity contribution in [1.82, 2.24) is 5.43 Å². The Hall–Kier alpha value is -0.0600. The fraction of sp³-hybridized carbons (Fsp3) is 0.727. The zero-order valence-electron chi connectivity index (χ0n) is 8.59. The van der Waals surface area contributed by atoms with Gasteiger partial charge in [0.1, 0.15) is 0 Å². The van der Waals surface area contributed by atoms with Crippen LogP contribution in [-0.2, 0) is 0 Å². The third kappa shape index (κ3) is 2.30. The van der Waals surface area contributed by atoms with E-state index in [1.54, 1.807) is 5.57 Å². The summed E-state index contributed by atoms with van der Waals surface area (Å²) in [6.07, 6.45) is 8.72. The number of hydrogen-bond acceptors (Lipinski definition) is 2. The lowest BCUT2D eigenvalue weighted by Crippen LogP contribution is -2.21. The Morgan fingerprint density at radius 2 is 2.29 bits per heavy atom. The molecule has 2 nitrogen and oxygen atoms in total. The summed E-state index contributed by atoms with van der Waals surface area (Å²) >= 11 is 2.38. The Labute approximate surface area is 99.4 Å². The molecule has 1 saturated carbocycles. The Bertz CT molecular complexity index is 270. The molecule has 0 aromatic carbocycles. The summed E-state index contributed by atoms with van der Waals surface area (Å²) in [6.45, 7) is 2.37. The van der Waals surface area contributed by atoms with Gasteiger partial charge in [0, 0.05) is 12.1 Å². The molecule has 78 valence electrons. The standard InChI is InChI=1S/C11H17IN2/c1-8-3-2-4-9-7-13-14-11(12)10(9)6-5-8/h7-9,14H,2-6H2,1H3/t8-,9?/m1/s1. The zero-order valence-corrected chi connectivity index (χ0v) is 10.8. The summed E-state index contributed by atoms with van der Waals surface area (Å²) in [5.74, 6) is 1.52. The summed E-state index contributed by atoms with van der Waals surface area (Å²) in [5, 5.41) is 4.19. The van der Waals surface area contributed by atoms with E-state index in [4.69, 9.17) is 0 Å². The minimum absolute atomic E-state index is 0.621. The Morgan fingerprint density at radius 3 is 3.14 bits per heavy atom. The highest BCUT2D eigenvalue weighted by Crippen LogP contribution is 2.33. The van der Waals surface area contributed by atoms with Crippen molar-refractivity contribution in [1.29, 1.82) is 0 Å². The molecule has 1 aliphatic carbocycles. The summed E-state index contributed by atoms with van der Waals surface area (Å²) in [5.41, 5.74) is 4.67. The molecule has 1 N–H and O–H groups in total. The average Bonchev–Trinajstić information content (AvgIpc) is 2.13. The summed E-state index contributed by atoms with van der Waals surface area (Å²) in [7, 11) is 0. The quantitative estimate of drug-likeness (QED) is 0.538. The second-order valence-electron chi connectivity index (χ2n) is 4.41. The second kappa shape index (κ2) is 4.64. The first-order valence-corrected chi connectivity index (χ1v) is 6.53. The largest absolute Gasteiger partial charge is 0.273 e. The van der Waals surface area contributed by atoms with Crippen LogP contribution >= 0.6 is 22.6 Å². The molecule has 0 aromatic heterocycles. The lowest BCUT2D eigenvalue weighted by atomic mass is 9.84. The van der Waals surface area contributed by atoms with Crippen molar-refractivity contribution in [3.05, 3.63) is 9.28 Å². The third-order valence-electron chi connectivity index (χ3n) is 3.27. The Balaban J connectivity index is 2.12. The van der Waals surface area contributed by atoms with Crippen LogP contribution in [0.15, 0.2) is 14.4 Å². The molecule has 1 fully saturated rings. The fourth-order valence-electron chi connectivity index (χ4n) is 2.28. The van der Waals surface area contributed by atoms with E-state index < -0.39 is 0 Å². The number of halogens is 1. The van der Waals surface area contributed by atoms with Gasteiger partial charge in [0.05, 0.1) is 3.70 Å². The van der Waals surface area contributed by atoms with E-state index in [1.165, 1.54) is 35.8 Å². The van der Waals surface area contributed by atoms with E-state index in [1.807, 2.05) is 0 Å². The molecule has 0 bridgehead atoms. The number of nitrogens with zero attached hydrogens (tertiary/aromatic N) is 1. The maximum Gasteiger partial charge on any atom is 0.0939 e. The van der Waals surface area contributed by atoms with Gasteiger partial charge in [-0.2, -0.15) is 5.10 Å².